The maximum atomic E-state index is 13.4. The van der Waals surface area contributed by atoms with Crippen LogP contribution < -0.4 is 5.32 Å². The van der Waals surface area contributed by atoms with E-state index in [1.165, 1.54) is 12.1 Å². The summed E-state index contributed by atoms with van der Waals surface area (Å²) in [6.45, 7) is 1.69. The lowest BCUT2D eigenvalue weighted by Gasteiger charge is -2.31. The molecule has 0 unspecified atom stereocenters. The van der Waals surface area contributed by atoms with Crippen molar-refractivity contribution in [1.82, 2.24) is 5.32 Å². The molecule has 0 aliphatic heterocycles. The number of hydrogen-bond donors (Lipinski definition) is 2. The Bertz CT molecular complexity index is 1040. The minimum atomic E-state index is -4.54. The molecule has 0 radical (unpaired) electrons. The van der Waals surface area contributed by atoms with Crippen molar-refractivity contribution in [1.29, 1.82) is 0 Å². The number of aliphatic carboxylic acids is 1. The van der Waals surface area contributed by atoms with Crippen molar-refractivity contribution in [3.63, 3.8) is 0 Å². The van der Waals surface area contributed by atoms with Gasteiger partial charge in [-0.3, -0.25) is 4.79 Å². The van der Waals surface area contributed by atoms with E-state index in [1.807, 2.05) is 0 Å². The topological polar surface area (TPSA) is 66.4 Å². The summed E-state index contributed by atoms with van der Waals surface area (Å²) in [4.78, 5) is 25.3. The van der Waals surface area contributed by atoms with Crippen molar-refractivity contribution < 1.29 is 27.9 Å². The second-order valence-electron chi connectivity index (χ2n) is 7.62. The van der Waals surface area contributed by atoms with E-state index in [2.05, 4.69) is 5.32 Å². The van der Waals surface area contributed by atoms with Crippen LogP contribution in [0.4, 0.5) is 13.2 Å². The first-order chi connectivity index (χ1) is 15.1. The summed E-state index contributed by atoms with van der Waals surface area (Å²) >= 11 is 0. The summed E-state index contributed by atoms with van der Waals surface area (Å²) in [5, 5.41) is 12.2. The first kappa shape index (κ1) is 23.1. The highest BCUT2D eigenvalue weighted by molar-refractivity contribution is 5.94. The second kappa shape index (κ2) is 9.26. The maximum absolute atomic E-state index is 13.4. The third-order valence-electron chi connectivity index (χ3n) is 5.45. The largest absolute Gasteiger partial charge is 0.480 e. The minimum absolute atomic E-state index is 0.161. The van der Waals surface area contributed by atoms with Gasteiger partial charge in [0.1, 0.15) is 6.04 Å². The highest BCUT2D eigenvalue weighted by Gasteiger charge is 2.39. The minimum Gasteiger partial charge on any atom is -0.480 e. The molecule has 1 atom stereocenters. The summed E-state index contributed by atoms with van der Waals surface area (Å²) in [5.74, 6) is -1.89. The number of benzene rings is 3. The Hall–Kier alpha value is -3.61. The first-order valence-electron chi connectivity index (χ1n) is 9.93. The number of rotatable bonds is 7. The van der Waals surface area contributed by atoms with Crippen LogP contribution in [0.1, 0.15) is 29.2 Å². The van der Waals surface area contributed by atoms with Gasteiger partial charge in [-0.15, -0.1) is 0 Å². The van der Waals surface area contributed by atoms with Gasteiger partial charge in [0.2, 0.25) is 5.91 Å². The normalized spacial score (nSPS) is 12.8. The highest BCUT2D eigenvalue weighted by atomic mass is 19.4. The number of amides is 1. The van der Waals surface area contributed by atoms with Gasteiger partial charge >= 0.3 is 12.1 Å². The van der Waals surface area contributed by atoms with Crippen LogP contribution in [0.5, 0.6) is 0 Å². The zero-order chi connectivity index (χ0) is 23.4. The average Bonchev–Trinajstić information content (AvgIpc) is 2.78. The van der Waals surface area contributed by atoms with Gasteiger partial charge in [-0.1, -0.05) is 78.9 Å². The Morgan fingerprint density at radius 3 is 1.81 bits per heavy atom. The molecule has 3 rings (SSSR count). The van der Waals surface area contributed by atoms with Crippen molar-refractivity contribution in [2.24, 2.45) is 0 Å². The van der Waals surface area contributed by atoms with Crippen LogP contribution in [-0.2, 0) is 27.6 Å². The molecule has 0 aliphatic rings. The van der Waals surface area contributed by atoms with Crippen LogP contribution in [-0.4, -0.2) is 23.0 Å². The van der Waals surface area contributed by atoms with Crippen LogP contribution in [0.15, 0.2) is 84.9 Å². The summed E-state index contributed by atoms with van der Waals surface area (Å²) in [6, 6.07) is 20.9. The molecule has 166 valence electrons. The van der Waals surface area contributed by atoms with E-state index in [1.54, 1.807) is 67.6 Å². The van der Waals surface area contributed by atoms with Crippen LogP contribution in [0.25, 0.3) is 0 Å². The zero-order valence-electron chi connectivity index (χ0n) is 17.3. The Morgan fingerprint density at radius 1 is 0.844 bits per heavy atom. The van der Waals surface area contributed by atoms with Gasteiger partial charge in [-0.05, 0) is 29.7 Å². The van der Waals surface area contributed by atoms with Gasteiger partial charge in [0.25, 0.3) is 0 Å². The predicted octanol–water partition coefficient (Wildman–Crippen LogP) is 4.82. The smallest absolute Gasteiger partial charge is 0.416 e. The van der Waals surface area contributed by atoms with Crippen LogP contribution >= 0.6 is 0 Å². The molecule has 3 aromatic carbocycles. The second-order valence-corrected chi connectivity index (χ2v) is 7.62. The summed E-state index contributed by atoms with van der Waals surface area (Å²) in [6.07, 6.45) is -4.83. The van der Waals surface area contributed by atoms with Gasteiger partial charge in [-0.25, -0.2) is 4.79 Å². The van der Waals surface area contributed by atoms with Crippen molar-refractivity contribution >= 4 is 11.9 Å². The number of halogens is 3. The molecule has 1 amide bonds. The summed E-state index contributed by atoms with van der Waals surface area (Å²) < 4.78 is 39.1. The summed E-state index contributed by atoms with van der Waals surface area (Å²) in [5.41, 5.74) is -0.597. The molecular formula is C25H22F3NO3. The third kappa shape index (κ3) is 4.99. The average molecular weight is 441 g/mol. The molecule has 3 aromatic rings. The van der Waals surface area contributed by atoms with E-state index in [-0.39, 0.29) is 12.0 Å². The molecule has 2 N–H and O–H groups in total. The number of hydrogen-bond acceptors (Lipinski definition) is 2. The predicted molar refractivity (Wildman–Crippen MR) is 114 cm³/mol. The van der Waals surface area contributed by atoms with E-state index >= 15 is 0 Å². The molecule has 32 heavy (non-hydrogen) atoms. The van der Waals surface area contributed by atoms with Crippen molar-refractivity contribution in [3.05, 3.63) is 107 Å². The van der Waals surface area contributed by atoms with Crippen molar-refractivity contribution in [2.45, 2.75) is 31.0 Å². The Balaban J connectivity index is 1.92. The van der Waals surface area contributed by atoms with Crippen molar-refractivity contribution in [3.8, 4) is 0 Å². The number of carbonyl (C=O) groups is 2. The molecule has 7 heteroatoms. The lowest BCUT2D eigenvalue weighted by atomic mass is 9.75. The van der Waals surface area contributed by atoms with E-state index in [4.69, 9.17) is 0 Å². The van der Waals surface area contributed by atoms with Gasteiger partial charge in [0.15, 0.2) is 0 Å². The Labute approximate surface area is 183 Å². The molecule has 0 saturated heterocycles. The van der Waals surface area contributed by atoms with Crippen LogP contribution in [0.2, 0.25) is 0 Å². The monoisotopic (exact) mass is 441 g/mol. The first-order valence-corrected chi connectivity index (χ1v) is 9.93. The van der Waals surface area contributed by atoms with Crippen molar-refractivity contribution in [2.75, 3.05) is 0 Å². The molecule has 0 heterocycles. The number of carboxylic acids is 1. The van der Waals surface area contributed by atoms with E-state index in [0.717, 1.165) is 12.1 Å². The maximum Gasteiger partial charge on any atom is 0.416 e. The number of carbonyl (C=O) groups excluding carboxylic acids is 1. The molecule has 0 aromatic heterocycles. The number of alkyl halides is 3. The molecule has 0 fully saturated rings. The number of carboxylic acid groups (broad SMARTS) is 1. The molecular weight excluding hydrogens is 419 g/mol. The van der Waals surface area contributed by atoms with Gasteiger partial charge in [0.05, 0.1) is 11.0 Å². The highest BCUT2D eigenvalue weighted by Crippen LogP contribution is 2.33. The van der Waals surface area contributed by atoms with Crippen LogP contribution in [0, 0.1) is 0 Å². The fourth-order valence-corrected chi connectivity index (χ4v) is 3.58. The fraction of sp³-hybridized carbons (Fsp3) is 0.200. The Morgan fingerprint density at radius 2 is 1.34 bits per heavy atom. The number of nitrogens with one attached hydrogen (secondary N) is 1. The fourth-order valence-electron chi connectivity index (χ4n) is 3.58. The van der Waals surface area contributed by atoms with E-state index < -0.39 is 35.1 Å². The standard InChI is InChI=1S/C25H22F3NO3/c1-24(18-10-4-2-5-11-18,19-12-6-3-7-13-19)23(32)29-21(22(30)31)16-17-9-8-14-20(15-17)25(26,27)28/h2-15,21H,16H2,1H3,(H,29,32)(H,30,31)/t21-/m1/s1. The van der Waals surface area contributed by atoms with Gasteiger partial charge in [0, 0.05) is 6.42 Å². The SMILES string of the molecule is CC(C(=O)N[C@H](Cc1cccc(C(F)(F)F)c1)C(=O)O)(c1ccccc1)c1ccccc1. The van der Waals surface area contributed by atoms with Crippen LogP contribution in [0.3, 0.4) is 0 Å². The molecule has 0 saturated carbocycles. The van der Waals surface area contributed by atoms with E-state index in [0.29, 0.717) is 11.1 Å². The molecule has 0 spiro atoms. The quantitative estimate of drug-likeness (QED) is 0.552. The van der Waals surface area contributed by atoms with Gasteiger partial charge in [-0.2, -0.15) is 13.2 Å². The zero-order valence-corrected chi connectivity index (χ0v) is 17.3. The Kier molecular flexibility index (Phi) is 6.67. The lowest BCUT2D eigenvalue weighted by molar-refractivity contribution is -0.142. The molecule has 0 aliphatic carbocycles. The summed E-state index contributed by atoms with van der Waals surface area (Å²) in [7, 11) is 0. The molecule has 0 bridgehead atoms. The van der Waals surface area contributed by atoms with Gasteiger partial charge < -0.3 is 10.4 Å². The third-order valence-corrected chi connectivity index (χ3v) is 5.45. The molecule has 4 nitrogen and oxygen atoms in total. The van der Waals surface area contributed by atoms with E-state index in [9.17, 15) is 27.9 Å². The lowest BCUT2D eigenvalue weighted by Crippen LogP contribution is -2.50.